The Balaban J connectivity index is 1.09. The summed E-state index contributed by atoms with van der Waals surface area (Å²) in [5, 5.41) is 17.6. The summed E-state index contributed by atoms with van der Waals surface area (Å²) in [6.07, 6.45) is 1.84. The lowest BCUT2D eigenvalue weighted by atomic mass is 9.84. The summed E-state index contributed by atoms with van der Waals surface area (Å²) in [6, 6.07) is 30.2. The Labute approximate surface area is 311 Å². The topological polar surface area (TPSA) is 77.1 Å². The van der Waals surface area contributed by atoms with E-state index in [0.717, 1.165) is 50.4 Å². The number of amides is 1. The van der Waals surface area contributed by atoms with Gasteiger partial charge in [-0.1, -0.05) is 92.8 Å². The van der Waals surface area contributed by atoms with E-state index in [-0.39, 0.29) is 24.0 Å². The molecular formula is C43H51F3N4O3. The monoisotopic (exact) mass is 728 g/mol. The molecule has 1 saturated heterocycles. The molecule has 1 amide bonds. The fraction of sp³-hybridized carbons (Fsp3) is 0.419. The molecule has 1 heterocycles. The van der Waals surface area contributed by atoms with Crippen LogP contribution in [0.25, 0.3) is 11.1 Å². The molecule has 0 bridgehead atoms. The molecular weight excluding hydrogens is 677 g/mol. The van der Waals surface area contributed by atoms with Crippen LogP contribution < -0.4 is 15.5 Å². The van der Waals surface area contributed by atoms with Gasteiger partial charge in [0.05, 0.1) is 11.6 Å². The lowest BCUT2D eigenvalue weighted by Crippen LogP contribution is -2.55. The molecule has 7 nitrogen and oxygen atoms in total. The second kappa shape index (κ2) is 17.7. The number of hydrogen-bond acceptors (Lipinski definition) is 6. The first-order valence-corrected chi connectivity index (χ1v) is 18.8. The summed E-state index contributed by atoms with van der Waals surface area (Å²) in [7, 11) is 1.57. The van der Waals surface area contributed by atoms with Crippen LogP contribution in [0, 0.1) is 5.92 Å². The minimum atomic E-state index is -4.43. The second-order valence-electron chi connectivity index (χ2n) is 14.4. The number of carbonyl (C=O) groups excluding carboxylic acids is 1. The van der Waals surface area contributed by atoms with Gasteiger partial charge in [0.2, 0.25) is 0 Å². The van der Waals surface area contributed by atoms with Gasteiger partial charge in [-0.25, -0.2) is 0 Å². The van der Waals surface area contributed by atoms with Crippen molar-refractivity contribution in [1.82, 2.24) is 10.2 Å². The number of ether oxygens (including phenoxy) is 1. The van der Waals surface area contributed by atoms with E-state index in [4.69, 9.17) is 4.74 Å². The molecule has 4 aromatic rings. The highest BCUT2D eigenvalue weighted by molar-refractivity contribution is 6.08. The quantitative estimate of drug-likeness (QED) is 0.120. The normalized spacial score (nSPS) is 18.3. The van der Waals surface area contributed by atoms with E-state index in [9.17, 15) is 23.1 Å². The maximum absolute atomic E-state index is 13.4. The van der Waals surface area contributed by atoms with Gasteiger partial charge in [0.15, 0.2) is 6.29 Å². The van der Waals surface area contributed by atoms with E-state index in [0.29, 0.717) is 28.3 Å². The van der Waals surface area contributed by atoms with Crippen LogP contribution in [-0.4, -0.2) is 67.6 Å². The van der Waals surface area contributed by atoms with E-state index in [1.807, 2.05) is 30.3 Å². The van der Waals surface area contributed by atoms with Gasteiger partial charge in [-0.05, 0) is 78.4 Å². The number of hydrogen-bond donors (Lipinski definition) is 3. The van der Waals surface area contributed by atoms with Gasteiger partial charge in [0, 0.05) is 62.3 Å². The van der Waals surface area contributed by atoms with E-state index in [2.05, 4.69) is 51.6 Å². The number of rotatable bonds is 13. The maximum Gasteiger partial charge on any atom is 0.416 e. The smallest absolute Gasteiger partial charge is 0.369 e. The van der Waals surface area contributed by atoms with Crippen LogP contribution in [0.15, 0.2) is 103 Å². The molecule has 1 saturated carbocycles. The number of alkyl halides is 3. The van der Waals surface area contributed by atoms with Crippen molar-refractivity contribution in [2.75, 3.05) is 43.5 Å². The first kappa shape index (κ1) is 38.5. The van der Waals surface area contributed by atoms with Gasteiger partial charge in [-0.2, -0.15) is 13.2 Å². The van der Waals surface area contributed by atoms with Crippen molar-refractivity contribution in [3.63, 3.8) is 0 Å². The van der Waals surface area contributed by atoms with Crippen LogP contribution in [0.3, 0.4) is 0 Å². The fourth-order valence-electron chi connectivity index (χ4n) is 8.09. The summed E-state index contributed by atoms with van der Waals surface area (Å²) in [5.74, 6) is 0.260. The lowest BCUT2D eigenvalue weighted by molar-refractivity contribution is -0.137. The molecule has 4 aromatic carbocycles. The number of halogens is 3. The van der Waals surface area contributed by atoms with Gasteiger partial charge in [0.1, 0.15) is 0 Å². The number of nitrogens with zero attached hydrogens (tertiary/aromatic N) is 2. The molecule has 1 aliphatic heterocycles. The van der Waals surface area contributed by atoms with Crippen LogP contribution >= 0.6 is 0 Å². The molecule has 0 radical (unpaired) electrons. The van der Waals surface area contributed by atoms with Crippen molar-refractivity contribution in [1.29, 1.82) is 0 Å². The van der Waals surface area contributed by atoms with Crippen molar-refractivity contribution in [3.8, 4) is 11.1 Å². The summed E-state index contributed by atoms with van der Waals surface area (Å²) < 4.78 is 44.8. The number of anilines is 2. The highest BCUT2D eigenvalue weighted by Gasteiger charge is 2.33. The predicted octanol–water partition coefficient (Wildman–Crippen LogP) is 8.77. The van der Waals surface area contributed by atoms with Crippen LogP contribution in [0.2, 0.25) is 0 Å². The van der Waals surface area contributed by atoms with Gasteiger partial charge in [-0.3, -0.25) is 9.69 Å². The summed E-state index contributed by atoms with van der Waals surface area (Å²) in [6.45, 7) is 5.58. The van der Waals surface area contributed by atoms with E-state index in [1.165, 1.54) is 49.8 Å². The molecule has 10 heteroatoms. The van der Waals surface area contributed by atoms with Crippen molar-refractivity contribution in [3.05, 3.63) is 120 Å². The average molecular weight is 729 g/mol. The molecule has 3 N–H and O–H groups in total. The SMILES string of the molecule is COC(O)C(CC1CCCCC1)NC(C)C(c1ccccc1)N1CCN(c2ccc(NC(=O)c3ccccc3-c3ccc(C(F)(F)F)cc3)cc2)CC1. The third-order valence-corrected chi connectivity index (χ3v) is 10.9. The molecule has 6 rings (SSSR count). The molecule has 4 atom stereocenters. The van der Waals surface area contributed by atoms with E-state index < -0.39 is 18.0 Å². The van der Waals surface area contributed by atoms with Crippen LogP contribution in [-0.2, 0) is 10.9 Å². The molecule has 0 spiro atoms. The largest absolute Gasteiger partial charge is 0.416 e. The zero-order valence-corrected chi connectivity index (χ0v) is 30.6. The third kappa shape index (κ3) is 9.86. The van der Waals surface area contributed by atoms with E-state index in [1.54, 1.807) is 31.4 Å². The van der Waals surface area contributed by atoms with Gasteiger partial charge in [0.25, 0.3) is 5.91 Å². The Hall–Kier alpha value is -4.22. The summed E-state index contributed by atoms with van der Waals surface area (Å²) >= 11 is 0. The summed E-state index contributed by atoms with van der Waals surface area (Å²) in [5.41, 5.74) is 3.66. The minimum Gasteiger partial charge on any atom is -0.369 e. The Morgan fingerprint density at radius 2 is 1.49 bits per heavy atom. The number of benzene rings is 4. The van der Waals surface area contributed by atoms with Gasteiger partial charge < -0.3 is 25.4 Å². The number of carbonyl (C=O) groups is 1. The summed E-state index contributed by atoms with van der Waals surface area (Å²) in [4.78, 5) is 18.3. The van der Waals surface area contributed by atoms with Crippen LogP contribution in [0.4, 0.5) is 24.5 Å². The molecule has 53 heavy (non-hydrogen) atoms. The Morgan fingerprint density at radius 3 is 2.13 bits per heavy atom. The lowest BCUT2D eigenvalue weighted by Gasteiger charge is -2.44. The number of methoxy groups -OCH3 is 1. The first-order valence-electron chi connectivity index (χ1n) is 18.8. The van der Waals surface area contributed by atoms with E-state index >= 15 is 0 Å². The molecule has 2 aliphatic rings. The van der Waals surface area contributed by atoms with Gasteiger partial charge in [-0.15, -0.1) is 0 Å². The number of piperazine rings is 1. The average Bonchev–Trinajstić information content (AvgIpc) is 3.18. The van der Waals surface area contributed by atoms with Crippen molar-refractivity contribution >= 4 is 17.3 Å². The fourth-order valence-corrected chi connectivity index (χ4v) is 8.09. The predicted molar refractivity (Wildman–Crippen MR) is 205 cm³/mol. The molecule has 282 valence electrons. The number of nitrogens with one attached hydrogen (secondary N) is 2. The van der Waals surface area contributed by atoms with Crippen LogP contribution in [0.1, 0.15) is 73.0 Å². The number of aliphatic hydroxyl groups is 1. The number of aliphatic hydroxyl groups excluding tert-OH is 1. The van der Waals surface area contributed by atoms with Crippen molar-refractivity contribution < 1.29 is 27.8 Å². The molecule has 1 aliphatic carbocycles. The first-order chi connectivity index (χ1) is 25.6. The maximum atomic E-state index is 13.4. The highest BCUT2D eigenvalue weighted by Crippen LogP contribution is 2.34. The van der Waals surface area contributed by atoms with Gasteiger partial charge >= 0.3 is 6.18 Å². The molecule has 0 aromatic heterocycles. The third-order valence-electron chi connectivity index (χ3n) is 10.9. The zero-order valence-electron chi connectivity index (χ0n) is 30.6. The second-order valence-corrected chi connectivity index (χ2v) is 14.4. The Bertz CT molecular complexity index is 1740. The van der Waals surface area contributed by atoms with Crippen molar-refractivity contribution in [2.45, 2.75) is 76.0 Å². The Morgan fingerprint density at radius 1 is 0.849 bits per heavy atom. The van der Waals surface area contributed by atoms with Crippen LogP contribution in [0.5, 0.6) is 0 Å². The molecule has 4 unspecified atom stereocenters. The Kier molecular flexibility index (Phi) is 12.9. The standard InChI is InChI=1S/C43H51F3N4O3/c1-30(47-39(42(52)53-2)29-31-11-5-3-6-12-31)40(33-13-7-4-8-14-33)50-27-25-49(26-28-50)36-23-21-35(22-24-36)48-41(51)38-16-10-9-15-37(38)32-17-19-34(20-18-32)43(44,45)46/h4,7-10,13-24,30-31,39-40,42,47,52H,3,5-6,11-12,25-29H2,1-2H3,(H,48,51). The van der Waals surface area contributed by atoms with Crippen molar-refractivity contribution in [2.24, 2.45) is 5.92 Å². The molecule has 2 fully saturated rings. The minimum absolute atomic E-state index is 0.0645. The zero-order chi connectivity index (χ0) is 37.4. The highest BCUT2D eigenvalue weighted by atomic mass is 19.4.